The number of carboxylic acids is 1. The van der Waals surface area contributed by atoms with Crippen LogP contribution in [0.2, 0.25) is 0 Å². The molecule has 116 valence electrons. The first-order valence-electron chi connectivity index (χ1n) is 5.69. The maximum atomic E-state index is 13.7. The minimum atomic E-state index is -4.27. The number of halogens is 3. The molecule has 0 aliphatic carbocycles. The van der Waals surface area contributed by atoms with Gasteiger partial charge in [-0.2, -0.15) is 8.78 Å². The lowest BCUT2D eigenvalue weighted by Gasteiger charge is -2.23. The fraction of sp³-hybridized carbons (Fsp3) is 0.333. The molecule has 0 radical (unpaired) electrons. The number of esters is 1. The van der Waals surface area contributed by atoms with E-state index in [9.17, 15) is 27.9 Å². The molecule has 0 saturated heterocycles. The number of hydrogen-bond donors (Lipinski definition) is 3. The van der Waals surface area contributed by atoms with Crippen molar-refractivity contribution in [3.05, 3.63) is 29.1 Å². The van der Waals surface area contributed by atoms with Crippen molar-refractivity contribution in [2.75, 3.05) is 6.61 Å². The maximum absolute atomic E-state index is 13.7. The first-order chi connectivity index (χ1) is 9.62. The maximum Gasteiger partial charge on any atom is 0.379 e. The van der Waals surface area contributed by atoms with E-state index in [4.69, 9.17) is 10.8 Å². The highest BCUT2D eigenvalue weighted by Crippen LogP contribution is 2.37. The molecule has 0 amide bonds. The molecule has 0 aliphatic heterocycles. The van der Waals surface area contributed by atoms with Crippen LogP contribution in [0.4, 0.5) is 13.2 Å². The molecule has 1 aromatic rings. The van der Waals surface area contributed by atoms with Gasteiger partial charge in [-0.05, 0) is 19.1 Å². The molecule has 0 unspecified atom stereocenters. The van der Waals surface area contributed by atoms with Crippen LogP contribution in [-0.2, 0) is 9.53 Å². The zero-order valence-corrected chi connectivity index (χ0v) is 10.8. The summed E-state index contributed by atoms with van der Waals surface area (Å²) in [6, 6.07) is -1.60. The van der Waals surface area contributed by atoms with Gasteiger partial charge in [-0.3, -0.25) is 0 Å². The summed E-state index contributed by atoms with van der Waals surface area (Å²) in [6.07, 6.45) is 0. The van der Waals surface area contributed by atoms with Gasteiger partial charge in [0.1, 0.15) is 23.2 Å². The van der Waals surface area contributed by atoms with Gasteiger partial charge in [0.15, 0.2) is 0 Å². The summed E-state index contributed by atoms with van der Waals surface area (Å²) in [5.74, 6) is -10.3. The van der Waals surface area contributed by atoms with Gasteiger partial charge in [-0.25, -0.2) is 14.0 Å². The van der Waals surface area contributed by atoms with Crippen molar-refractivity contribution < 1.29 is 37.7 Å². The molecule has 0 saturated carbocycles. The van der Waals surface area contributed by atoms with Crippen LogP contribution in [0.3, 0.4) is 0 Å². The van der Waals surface area contributed by atoms with Crippen LogP contribution >= 0.6 is 0 Å². The van der Waals surface area contributed by atoms with E-state index in [2.05, 4.69) is 4.74 Å². The number of nitrogens with two attached hydrogens (primary N) is 1. The van der Waals surface area contributed by atoms with Gasteiger partial charge in [-0.1, -0.05) is 0 Å². The van der Waals surface area contributed by atoms with Gasteiger partial charge < -0.3 is 20.7 Å². The van der Waals surface area contributed by atoms with Gasteiger partial charge in [0.05, 0.1) is 6.61 Å². The second-order valence-electron chi connectivity index (χ2n) is 4.02. The molecular weight excluding hydrogens is 295 g/mol. The highest BCUT2D eigenvalue weighted by atomic mass is 19.3. The number of phenols is 1. The Labute approximate surface area is 116 Å². The number of rotatable bonds is 5. The summed E-state index contributed by atoms with van der Waals surface area (Å²) < 4.78 is 44.9. The fourth-order valence-corrected chi connectivity index (χ4v) is 1.57. The number of carbonyl (C=O) groups is 2. The molecule has 0 bridgehead atoms. The van der Waals surface area contributed by atoms with Crippen molar-refractivity contribution in [3.63, 3.8) is 0 Å². The Hall–Kier alpha value is -2.29. The van der Waals surface area contributed by atoms with Gasteiger partial charge in [0.25, 0.3) is 0 Å². The highest BCUT2D eigenvalue weighted by molar-refractivity contribution is 5.91. The summed E-state index contributed by atoms with van der Waals surface area (Å²) in [4.78, 5) is 21.9. The lowest BCUT2D eigenvalue weighted by atomic mass is 9.97. The van der Waals surface area contributed by atoms with Crippen LogP contribution in [0.1, 0.15) is 28.9 Å². The monoisotopic (exact) mass is 307 g/mol. The molecule has 21 heavy (non-hydrogen) atoms. The van der Waals surface area contributed by atoms with Gasteiger partial charge in [0, 0.05) is 5.56 Å². The number of alkyl halides is 2. The van der Waals surface area contributed by atoms with Gasteiger partial charge >= 0.3 is 17.9 Å². The predicted octanol–water partition coefficient (Wildman–Crippen LogP) is 1.43. The molecule has 0 heterocycles. The Morgan fingerprint density at radius 1 is 1.43 bits per heavy atom. The molecule has 6 nitrogen and oxygen atoms in total. The smallest absolute Gasteiger partial charge is 0.379 e. The van der Waals surface area contributed by atoms with Crippen LogP contribution < -0.4 is 5.73 Å². The molecule has 1 aromatic carbocycles. The number of ether oxygens (including phenoxy) is 1. The molecular formula is C12H12F3NO5. The Kier molecular flexibility index (Phi) is 4.79. The van der Waals surface area contributed by atoms with Crippen LogP contribution in [-0.4, -0.2) is 34.7 Å². The van der Waals surface area contributed by atoms with Crippen LogP contribution in [0.5, 0.6) is 5.75 Å². The van der Waals surface area contributed by atoms with Crippen molar-refractivity contribution in [1.29, 1.82) is 0 Å². The largest absolute Gasteiger partial charge is 0.507 e. The average molecular weight is 307 g/mol. The van der Waals surface area contributed by atoms with E-state index in [1.54, 1.807) is 0 Å². The first kappa shape index (κ1) is 16.8. The standard InChI is InChI=1S/C12H12F3NO5/c1-2-21-11(20)12(14,15)9(16)6-3-5(13)4-7(8(6)17)10(18)19/h3-4,9,17H,2,16H2,1H3,(H,18,19)/t9-/m0/s1. The summed E-state index contributed by atoms with van der Waals surface area (Å²) in [7, 11) is 0. The van der Waals surface area contributed by atoms with Crippen LogP contribution in [0, 0.1) is 5.82 Å². The van der Waals surface area contributed by atoms with E-state index in [1.807, 2.05) is 0 Å². The van der Waals surface area contributed by atoms with Crippen LogP contribution in [0.15, 0.2) is 12.1 Å². The molecule has 0 aliphatic rings. The van der Waals surface area contributed by atoms with Crippen molar-refractivity contribution in [3.8, 4) is 5.75 Å². The fourth-order valence-electron chi connectivity index (χ4n) is 1.57. The summed E-state index contributed by atoms with van der Waals surface area (Å²) in [5.41, 5.74) is 3.32. The third-order valence-electron chi connectivity index (χ3n) is 2.61. The van der Waals surface area contributed by atoms with E-state index in [0.29, 0.717) is 12.1 Å². The Balaban J connectivity index is 3.33. The van der Waals surface area contributed by atoms with Gasteiger partial charge in [-0.15, -0.1) is 0 Å². The van der Waals surface area contributed by atoms with Crippen molar-refractivity contribution >= 4 is 11.9 Å². The van der Waals surface area contributed by atoms with E-state index < -0.39 is 46.6 Å². The van der Waals surface area contributed by atoms with E-state index >= 15 is 0 Å². The Bertz CT molecular complexity index is 576. The number of benzene rings is 1. The normalized spacial score (nSPS) is 12.8. The van der Waals surface area contributed by atoms with Crippen LogP contribution in [0.25, 0.3) is 0 Å². The number of aromatic carboxylic acids is 1. The minimum absolute atomic E-state index is 0.337. The van der Waals surface area contributed by atoms with E-state index in [1.165, 1.54) is 6.92 Å². The quantitative estimate of drug-likeness (QED) is 0.710. The molecule has 0 aromatic heterocycles. The summed E-state index contributed by atoms with van der Waals surface area (Å²) >= 11 is 0. The lowest BCUT2D eigenvalue weighted by Crippen LogP contribution is -2.42. The zero-order valence-electron chi connectivity index (χ0n) is 10.8. The number of hydrogen-bond acceptors (Lipinski definition) is 5. The third kappa shape index (κ3) is 3.24. The van der Waals surface area contributed by atoms with Crippen molar-refractivity contribution in [1.82, 2.24) is 0 Å². The molecule has 0 fully saturated rings. The number of carbonyl (C=O) groups excluding carboxylic acids is 1. The number of aromatic hydroxyl groups is 1. The summed E-state index contributed by atoms with van der Waals surface area (Å²) in [5, 5.41) is 18.4. The first-order valence-corrected chi connectivity index (χ1v) is 5.69. The Morgan fingerprint density at radius 2 is 2.00 bits per heavy atom. The highest BCUT2D eigenvalue weighted by Gasteiger charge is 2.49. The molecule has 9 heteroatoms. The minimum Gasteiger partial charge on any atom is -0.507 e. The van der Waals surface area contributed by atoms with Gasteiger partial charge in [0.2, 0.25) is 0 Å². The van der Waals surface area contributed by atoms with E-state index in [0.717, 1.165) is 0 Å². The Morgan fingerprint density at radius 3 is 2.48 bits per heavy atom. The topological polar surface area (TPSA) is 110 Å². The van der Waals surface area contributed by atoms with E-state index in [-0.39, 0.29) is 6.61 Å². The molecule has 1 atom stereocenters. The molecule has 1 rings (SSSR count). The molecule has 0 spiro atoms. The second-order valence-corrected chi connectivity index (χ2v) is 4.02. The third-order valence-corrected chi connectivity index (χ3v) is 2.61. The predicted molar refractivity (Wildman–Crippen MR) is 63.5 cm³/mol. The zero-order chi connectivity index (χ0) is 16.4. The average Bonchev–Trinajstić information content (AvgIpc) is 2.40. The van der Waals surface area contributed by atoms with Crippen molar-refractivity contribution in [2.45, 2.75) is 18.9 Å². The molecule has 4 N–H and O–H groups in total. The lowest BCUT2D eigenvalue weighted by molar-refractivity contribution is -0.174. The van der Waals surface area contributed by atoms with Crippen molar-refractivity contribution in [2.24, 2.45) is 5.73 Å². The number of carboxylic acid groups (broad SMARTS) is 1. The summed E-state index contributed by atoms with van der Waals surface area (Å²) in [6.45, 7) is 0.957. The SMILES string of the molecule is CCOC(=O)C(F)(F)[C@@H](N)c1cc(F)cc(C(=O)O)c1O. The second kappa shape index (κ2) is 6.00.